The van der Waals surface area contributed by atoms with E-state index in [0.717, 1.165) is 28.3 Å². The van der Waals surface area contributed by atoms with Crippen LogP contribution >= 0.6 is 23.2 Å². The zero-order valence-corrected chi connectivity index (χ0v) is 21.2. The smallest absolute Gasteiger partial charge is 0.255 e. The lowest BCUT2D eigenvalue weighted by atomic mass is 10.1. The van der Waals surface area contributed by atoms with Gasteiger partial charge < -0.3 is 14.8 Å². The molecule has 4 aromatic rings. The number of halogens is 2. The predicted molar refractivity (Wildman–Crippen MR) is 139 cm³/mol. The molecule has 0 atom stereocenters. The summed E-state index contributed by atoms with van der Waals surface area (Å²) in [6, 6.07) is 20.1. The van der Waals surface area contributed by atoms with E-state index in [4.69, 9.17) is 32.7 Å². The van der Waals surface area contributed by atoms with Crippen molar-refractivity contribution in [2.45, 2.75) is 27.0 Å². The third-order valence-corrected chi connectivity index (χ3v) is 6.38. The van der Waals surface area contributed by atoms with E-state index in [9.17, 15) is 4.79 Å². The summed E-state index contributed by atoms with van der Waals surface area (Å²) in [7, 11) is 1.62. The molecular weight excluding hydrogens is 485 g/mol. The molecule has 4 rings (SSSR count). The van der Waals surface area contributed by atoms with E-state index in [1.807, 2.05) is 50.2 Å². The normalized spacial score (nSPS) is 10.8. The van der Waals surface area contributed by atoms with Crippen molar-refractivity contribution in [1.82, 2.24) is 9.78 Å². The van der Waals surface area contributed by atoms with Crippen LogP contribution in [0.2, 0.25) is 10.0 Å². The number of anilines is 1. The second kappa shape index (κ2) is 10.8. The van der Waals surface area contributed by atoms with Crippen LogP contribution in [0.1, 0.15) is 32.9 Å². The summed E-state index contributed by atoms with van der Waals surface area (Å²) in [4.78, 5) is 12.9. The maximum Gasteiger partial charge on any atom is 0.255 e. The molecule has 0 aliphatic rings. The van der Waals surface area contributed by atoms with Crippen LogP contribution in [0.3, 0.4) is 0 Å². The Morgan fingerprint density at radius 3 is 2.20 bits per heavy atom. The van der Waals surface area contributed by atoms with Gasteiger partial charge in [0.15, 0.2) is 0 Å². The molecular formula is C27H25Cl2N3O3. The zero-order chi connectivity index (χ0) is 24.9. The third-order valence-electron chi connectivity index (χ3n) is 5.67. The van der Waals surface area contributed by atoms with Gasteiger partial charge in [0.25, 0.3) is 5.91 Å². The average Bonchev–Trinajstić information content (AvgIpc) is 3.13. The van der Waals surface area contributed by atoms with Crippen LogP contribution in [-0.2, 0) is 13.2 Å². The molecule has 0 saturated heterocycles. The van der Waals surface area contributed by atoms with Gasteiger partial charge >= 0.3 is 0 Å². The number of rotatable bonds is 8. The minimum atomic E-state index is -0.214. The fourth-order valence-electron chi connectivity index (χ4n) is 3.64. The van der Waals surface area contributed by atoms with Crippen LogP contribution in [0.25, 0.3) is 0 Å². The van der Waals surface area contributed by atoms with E-state index in [-0.39, 0.29) is 5.91 Å². The van der Waals surface area contributed by atoms with Gasteiger partial charge in [-0.25, -0.2) is 0 Å². The number of aryl methyl sites for hydroxylation is 1. The molecule has 1 amide bonds. The number of amides is 1. The SMILES string of the molecule is COc1ccc(OCc2ccc(C(=O)Nc3c(C)nn(Cc4c(Cl)cccc4Cl)c3C)cc2)cc1. The summed E-state index contributed by atoms with van der Waals surface area (Å²) in [5.41, 5.74) is 4.48. The first kappa shape index (κ1) is 24.6. The van der Waals surface area contributed by atoms with Crippen LogP contribution in [0.5, 0.6) is 11.5 Å². The Labute approximate surface area is 214 Å². The van der Waals surface area contributed by atoms with E-state index >= 15 is 0 Å². The highest BCUT2D eigenvalue weighted by Gasteiger charge is 2.17. The van der Waals surface area contributed by atoms with Crippen LogP contribution in [0.4, 0.5) is 5.69 Å². The standard InChI is InChI=1S/C27H25Cl2N3O3/c1-17-26(18(2)32(31-17)15-23-24(28)5-4-6-25(23)29)30-27(33)20-9-7-19(8-10-20)16-35-22-13-11-21(34-3)12-14-22/h4-14H,15-16H2,1-3H3,(H,30,33). The Morgan fingerprint density at radius 2 is 1.57 bits per heavy atom. The van der Waals surface area contributed by atoms with Gasteiger partial charge in [-0.1, -0.05) is 41.4 Å². The fourth-order valence-corrected chi connectivity index (χ4v) is 4.16. The molecule has 0 bridgehead atoms. The number of aromatic nitrogens is 2. The topological polar surface area (TPSA) is 65.4 Å². The molecule has 180 valence electrons. The summed E-state index contributed by atoms with van der Waals surface area (Å²) < 4.78 is 12.7. The van der Waals surface area contributed by atoms with E-state index in [0.29, 0.717) is 40.1 Å². The van der Waals surface area contributed by atoms with Crippen molar-refractivity contribution in [1.29, 1.82) is 0 Å². The molecule has 0 aliphatic heterocycles. The average molecular weight is 510 g/mol. The number of ether oxygens (including phenoxy) is 2. The van der Waals surface area contributed by atoms with Gasteiger partial charge in [0.05, 0.1) is 30.7 Å². The van der Waals surface area contributed by atoms with Crippen molar-refractivity contribution in [3.63, 3.8) is 0 Å². The van der Waals surface area contributed by atoms with Gasteiger partial charge in [0.1, 0.15) is 18.1 Å². The number of benzene rings is 3. The molecule has 0 aliphatic carbocycles. The summed E-state index contributed by atoms with van der Waals surface area (Å²) in [6.45, 7) is 4.56. The fraction of sp³-hybridized carbons (Fsp3) is 0.185. The highest BCUT2D eigenvalue weighted by molar-refractivity contribution is 6.36. The molecule has 1 heterocycles. The summed E-state index contributed by atoms with van der Waals surface area (Å²) in [5, 5.41) is 8.71. The number of carbonyl (C=O) groups is 1. The maximum atomic E-state index is 12.9. The monoisotopic (exact) mass is 509 g/mol. The van der Waals surface area contributed by atoms with Crippen LogP contribution in [-0.4, -0.2) is 22.8 Å². The van der Waals surface area contributed by atoms with E-state index in [1.54, 1.807) is 42.1 Å². The molecule has 0 unspecified atom stereocenters. The van der Waals surface area contributed by atoms with Crippen LogP contribution < -0.4 is 14.8 Å². The van der Waals surface area contributed by atoms with Crippen LogP contribution in [0.15, 0.2) is 66.7 Å². The van der Waals surface area contributed by atoms with Gasteiger partial charge in [-0.3, -0.25) is 9.48 Å². The molecule has 8 heteroatoms. The molecule has 0 radical (unpaired) electrons. The lowest BCUT2D eigenvalue weighted by Gasteiger charge is -2.10. The zero-order valence-electron chi connectivity index (χ0n) is 19.6. The first-order valence-corrected chi connectivity index (χ1v) is 11.8. The Morgan fingerprint density at radius 1 is 0.943 bits per heavy atom. The number of carbonyl (C=O) groups excluding carboxylic acids is 1. The minimum Gasteiger partial charge on any atom is -0.497 e. The number of nitrogens with zero attached hydrogens (tertiary/aromatic N) is 2. The summed E-state index contributed by atoms with van der Waals surface area (Å²) in [6.07, 6.45) is 0. The molecule has 35 heavy (non-hydrogen) atoms. The lowest BCUT2D eigenvalue weighted by molar-refractivity contribution is 0.102. The number of methoxy groups -OCH3 is 1. The maximum absolute atomic E-state index is 12.9. The number of hydrogen-bond acceptors (Lipinski definition) is 4. The number of hydrogen-bond donors (Lipinski definition) is 1. The van der Waals surface area contributed by atoms with E-state index in [2.05, 4.69) is 10.4 Å². The van der Waals surface area contributed by atoms with Gasteiger partial charge in [-0.15, -0.1) is 0 Å². The summed E-state index contributed by atoms with van der Waals surface area (Å²) >= 11 is 12.6. The van der Waals surface area contributed by atoms with E-state index in [1.165, 1.54) is 0 Å². The van der Waals surface area contributed by atoms with Gasteiger partial charge in [0, 0.05) is 21.2 Å². The van der Waals surface area contributed by atoms with Gasteiger partial charge in [0.2, 0.25) is 0 Å². The third kappa shape index (κ3) is 5.78. The minimum absolute atomic E-state index is 0.214. The molecule has 0 fully saturated rings. The predicted octanol–water partition coefficient (Wildman–Crippen LogP) is 6.69. The van der Waals surface area contributed by atoms with Crippen molar-refractivity contribution < 1.29 is 14.3 Å². The number of nitrogens with one attached hydrogen (secondary N) is 1. The van der Waals surface area contributed by atoms with Crippen molar-refractivity contribution in [2.75, 3.05) is 12.4 Å². The van der Waals surface area contributed by atoms with Crippen molar-refractivity contribution >= 4 is 34.8 Å². The van der Waals surface area contributed by atoms with Gasteiger partial charge in [-0.05, 0) is 67.9 Å². The molecule has 1 aromatic heterocycles. The second-order valence-electron chi connectivity index (χ2n) is 8.02. The van der Waals surface area contributed by atoms with Crippen LogP contribution in [0, 0.1) is 13.8 Å². The van der Waals surface area contributed by atoms with E-state index < -0.39 is 0 Å². The van der Waals surface area contributed by atoms with Crippen molar-refractivity contribution in [3.05, 3.63) is 105 Å². The highest BCUT2D eigenvalue weighted by atomic mass is 35.5. The Kier molecular flexibility index (Phi) is 7.63. The Balaban J connectivity index is 1.41. The molecule has 0 saturated carbocycles. The largest absolute Gasteiger partial charge is 0.497 e. The summed E-state index contributed by atoms with van der Waals surface area (Å²) in [5.74, 6) is 1.30. The first-order valence-electron chi connectivity index (χ1n) is 11.0. The quantitative estimate of drug-likeness (QED) is 0.287. The molecule has 0 spiro atoms. The van der Waals surface area contributed by atoms with Gasteiger partial charge in [-0.2, -0.15) is 5.10 Å². The Bertz CT molecular complexity index is 1310. The first-order chi connectivity index (χ1) is 16.9. The lowest BCUT2D eigenvalue weighted by Crippen LogP contribution is -2.13. The van der Waals surface area contributed by atoms with Crippen molar-refractivity contribution in [2.24, 2.45) is 0 Å². The molecule has 3 aromatic carbocycles. The van der Waals surface area contributed by atoms with Crippen molar-refractivity contribution in [3.8, 4) is 11.5 Å². The Hall–Kier alpha value is -3.48. The second-order valence-corrected chi connectivity index (χ2v) is 8.83. The molecule has 1 N–H and O–H groups in total. The molecule has 6 nitrogen and oxygen atoms in total. The highest BCUT2D eigenvalue weighted by Crippen LogP contribution is 2.28.